The maximum absolute atomic E-state index is 12.2. The van der Waals surface area contributed by atoms with Crippen molar-refractivity contribution in [2.75, 3.05) is 6.54 Å². The minimum atomic E-state index is -3.41. The van der Waals surface area contributed by atoms with Gasteiger partial charge in [-0.3, -0.25) is 0 Å². The maximum Gasteiger partial charge on any atom is 0.240 e. The molecule has 0 amide bonds. The zero-order chi connectivity index (χ0) is 13.8. The third kappa shape index (κ3) is 4.07. The Labute approximate surface area is 118 Å². The number of hydrogen-bond donors (Lipinski definition) is 1. The van der Waals surface area contributed by atoms with Crippen molar-refractivity contribution in [1.82, 2.24) is 4.72 Å². The largest absolute Gasteiger partial charge is 0.240 e. The van der Waals surface area contributed by atoms with Gasteiger partial charge in [-0.1, -0.05) is 48.7 Å². The van der Waals surface area contributed by atoms with Gasteiger partial charge in [-0.2, -0.15) is 0 Å². The number of benzene rings is 1. The molecule has 1 N–H and O–H groups in total. The number of sulfonamides is 1. The molecule has 0 aliphatic heterocycles. The number of halogens is 1. The van der Waals surface area contributed by atoms with E-state index < -0.39 is 10.0 Å². The van der Waals surface area contributed by atoms with Gasteiger partial charge in [0, 0.05) is 11.0 Å². The predicted molar refractivity (Wildman–Crippen MR) is 78.1 cm³/mol. The second-order valence-corrected chi connectivity index (χ2v) is 7.10. The molecule has 0 radical (unpaired) electrons. The molecule has 0 fully saturated rings. The summed E-state index contributed by atoms with van der Waals surface area (Å²) in [4.78, 5) is 0.350. The van der Waals surface area contributed by atoms with Crippen LogP contribution >= 0.6 is 15.9 Å². The smallest absolute Gasteiger partial charge is 0.211 e. The lowest BCUT2D eigenvalue weighted by molar-refractivity contribution is 0.479. The van der Waals surface area contributed by atoms with Gasteiger partial charge in [-0.15, -0.1) is 0 Å². The minimum absolute atomic E-state index is 0.350. The van der Waals surface area contributed by atoms with E-state index in [1.807, 2.05) is 6.07 Å². The van der Waals surface area contributed by atoms with Crippen LogP contribution in [0.3, 0.4) is 0 Å². The Morgan fingerprint density at radius 1 is 1.28 bits per heavy atom. The van der Waals surface area contributed by atoms with E-state index in [-0.39, 0.29) is 0 Å². The van der Waals surface area contributed by atoms with Crippen molar-refractivity contribution in [2.45, 2.75) is 38.5 Å². The fourth-order valence-electron chi connectivity index (χ4n) is 1.75. The van der Waals surface area contributed by atoms with Crippen LogP contribution in [-0.4, -0.2) is 15.0 Å². The van der Waals surface area contributed by atoms with E-state index in [2.05, 4.69) is 34.5 Å². The number of aryl methyl sites for hydroxylation is 1. The molecule has 0 heterocycles. The molecule has 0 spiro atoms. The van der Waals surface area contributed by atoms with Crippen molar-refractivity contribution >= 4 is 26.0 Å². The van der Waals surface area contributed by atoms with Crippen molar-refractivity contribution in [3.8, 4) is 0 Å². The Morgan fingerprint density at radius 2 is 1.89 bits per heavy atom. The summed E-state index contributed by atoms with van der Waals surface area (Å²) in [6, 6.07) is 5.29. The Balaban J connectivity index is 2.89. The van der Waals surface area contributed by atoms with Crippen LogP contribution in [0.2, 0.25) is 0 Å². The summed E-state index contributed by atoms with van der Waals surface area (Å²) in [5.41, 5.74) is 0.759. The standard InChI is InChI=1S/C13H20BrNO2S/c1-4-11(5-2)9-15-18(16,17)13-8-12(14)7-6-10(13)3/h6-8,11,15H,4-5,9H2,1-3H3. The number of rotatable bonds is 6. The SMILES string of the molecule is CCC(CC)CNS(=O)(=O)c1cc(Br)ccc1C. The fraction of sp³-hybridized carbons (Fsp3) is 0.538. The van der Waals surface area contributed by atoms with Gasteiger partial charge in [0.2, 0.25) is 10.0 Å². The van der Waals surface area contributed by atoms with Crippen LogP contribution < -0.4 is 4.72 Å². The van der Waals surface area contributed by atoms with Crippen LogP contribution in [0.1, 0.15) is 32.3 Å². The van der Waals surface area contributed by atoms with Crippen LogP contribution in [0.5, 0.6) is 0 Å². The fourth-order valence-corrected chi connectivity index (χ4v) is 3.64. The van der Waals surface area contributed by atoms with Crippen molar-refractivity contribution in [3.05, 3.63) is 28.2 Å². The molecule has 0 aromatic heterocycles. The summed E-state index contributed by atoms with van der Waals surface area (Å²) in [5.74, 6) is 0.396. The summed E-state index contributed by atoms with van der Waals surface area (Å²) in [6.45, 7) is 6.46. The normalized spacial score (nSPS) is 12.1. The summed E-state index contributed by atoms with van der Waals surface area (Å²) in [5, 5.41) is 0. The molecule has 102 valence electrons. The topological polar surface area (TPSA) is 46.2 Å². The van der Waals surface area contributed by atoms with E-state index in [1.165, 1.54) is 0 Å². The van der Waals surface area contributed by atoms with Crippen molar-refractivity contribution in [1.29, 1.82) is 0 Å². The lowest BCUT2D eigenvalue weighted by atomic mass is 10.0. The third-order valence-corrected chi connectivity index (χ3v) is 5.22. The average molecular weight is 334 g/mol. The van der Waals surface area contributed by atoms with Crippen molar-refractivity contribution < 1.29 is 8.42 Å². The molecule has 0 aliphatic rings. The summed E-state index contributed by atoms with van der Waals surface area (Å²) >= 11 is 3.30. The van der Waals surface area contributed by atoms with Gasteiger partial charge in [0.25, 0.3) is 0 Å². The van der Waals surface area contributed by atoms with E-state index >= 15 is 0 Å². The first-order chi connectivity index (χ1) is 8.40. The molecule has 0 saturated carbocycles. The molecular formula is C13H20BrNO2S. The Bertz CT molecular complexity index is 496. The zero-order valence-corrected chi connectivity index (χ0v) is 13.4. The van der Waals surface area contributed by atoms with E-state index in [1.54, 1.807) is 19.1 Å². The molecule has 18 heavy (non-hydrogen) atoms. The molecule has 0 bridgehead atoms. The predicted octanol–water partition coefficient (Wildman–Crippen LogP) is 3.47. The molecule has 1 aromatic carbocycles. The lowest BCUT2D eigenvalue weighted by Gasteiger charge is -2.14. The number of hydrogen-bond acceptors (Lipinski definition) is 2. The van der Waals surface area contributed by atoms with Gasteiger partial charge in [-0.25, -0.2) is 13.1 Å². The van der Waals surface area contributed by atoms with Gasteiger partial charge in [0.05, 0.1) is 4.90 Å². The second-order valence-electron chi connectivity index (χ2n) is 4.44. The first kappa shape index (κ1) is 15.7. The lowest BCUT2D eigenvalue weighted by Crippen LogP contribution is -2.29. The average Bonchev–Trinajstić information content (AvgIpc) is 2.33. The van der Waals surface area contributed by atoms with Crippen LogP contribution in [0, 0.1) is 12.8 Å². The molecule has 0 saturated heterocycles. The molecular weight excluding hydrogens is 314 g/mol. The van der Waals surface area contributed by atoms with Crippen LogP contribution in [-0.2, 0) is 10.0 Å². The number of nitrogens with one attached hydrogen (secondary N) is 1. The summed E-state index contributed by atoms with van der Waals surface area (Å²) in [7, 11) is -3.41. The van der Waals surface area contributed by atoms with E-state index in [0.29, 0.717) is 17.4 Å². The highest BCUT2D eigenvalue weighted by Crippen LogP contribution is 2.20. The quantitative estimate of drug-likeness (QED) is 0.866. The van der Waals surface area contributed by atoms with Crippen LogP contribution in [0.15, 0.2) is 27.6 Å². The molecule has 1 rings (SSSR count). The summed E-state index contributed by atoms with van der Waals surface area (Å²) < 4.78 is 27.9. The first-order valence-electron chi connectivity index (χ1n) is 6.16. The molecule has 0 aliphatic carbocycles. The van der Waals surface area contributed by atoms with E-state index in [9.17, 15) is 8.42 Å². The molecule has 3 nitrogen and oxygen atoms in total. The summed E-state index contributed by atoms with van der Waals surface area (Å²) in [6.07, 6.45) is 1.97. The van der Waals surface area contributed by atoms with Crippen molar-refractivity contribution in [2.24, 2.45) is 5.92 Å². The van der Waals surface area contributed by atoms with Gasteiger partial charge in [0.1, 0.15) is 0 Å². The molecule has 1 aromatic rings. The Kier molecular flexibility index (Phi) is 5.82. The van der Waals surface area contributed by atoms with Gasteiger partial charge < -0.3 is 0 Å². The van der Waals surface area contributed by atoms with Gasteiger partial charge in [0.15, 0.2) is 0 Å². The van der Waals surface area contributed by atoms with Gasteiger partial charge >= 0.3 is 0 Å². The highest BCUT2D eigenvalue weighted by Gasteiger charge is 2.18. The Morgan fingerprint density at radius 3 is 2.44 bits per heavy atom. The highest BCUT2D eigenvalue weighted by atomic mass is 79.9. The third-order valence-electron chi connectivity index (χ3n) is 3.16. The van der Waals surface area contributed by atoms with E-state index in [0.717, 1.165) is 22.9 Å². The maximum atomic E-state index is 12.2. The monoisotopic (exact) mass is 333 g/mol. The second kappa shape index (κ2) is 6.68. The molecule has 0 atom stereocenters. The minimum Gasteiger partial charge on any atom is -0.211 e. The van der Waals surface area contributed by atoms with Crippen LogP contribution in [0.4, 0.5) is 0 Å². The molecule has 5 heteroatoms. The molecule has 0 unspecified atom stereocenters. The van der Waals surface area contributed by atoms with Crippen molar-refractivity contribution in [3.63, 3.8) is 0 Å². The Hall–Kier alpha value is -0.390. The van der Waals surface area contributed by atoms with E-state index in [4.69, 9.17) is 0 Å². The first-order valence-corrected chi connectivity index (χ1v) is 8.44. The highest BCUT2D eigenvalue weighted by molar-refractivity contribution is 9.10. The zero-order valence-electron chi connectivity index (χ0n) is 11.0. The van der Waals surface area contributed by atoms with Crippen LogP contribution in [0.25, 0.3) is 0 Å². The van der Waals surface area contributed by atoms with Gasteiger partial charge in [-0.05, 0) is 30.5 Å².